The van der Waals surface area contributed by atoms with Gasteiger partial charge in [0.05, 0.1) is 18.5 Å². The van der Waals surface area contributed by atoms with Gasteiger partial charge in [0.1, 0.15) is 5.69 Å². The van der Waals surface area contributed by atoms with Crippen molar-refractivity contribution in [3.05, 3.63) is 60.3 Å². The molecule has 0 atom stereocenters. The third-order valence-electron chi connectivity index (χ3n) is 6.75. The van der Waals surface area contributed by atoms with E-state index >= 15 is 0 Å². The lowest BCUT2D eigenvalue weighted by atomic mass is 9.99. The summed E-state index contributed by atoms with van der Waals surface area (Å²) < 4.78 is 6.11. The second kappa shape index (κ2) is 11.6. The number of rotatable bonds is 7. The molecule has 2 aliphatic heterocycles. The Morgan fingerprint density at radius 2 is 1.56 bits per heavy atom. The minimum Gasteiger partial charge on any atom is -0.476 e. The van der Waals surface area contributed by atoms with E-state index < -0.39 is 0 Å². The van der Waals surface area contributed by atoms with Crippen molar-refractivity contribution in [2.75, 3.05) is 37.7 Å². The van der Waals surface area contributed by atoms with Crippen LogP contribution in [0.5, 0.6) is 5.88 Å². The predicted octanol–water partition coefficient (Wildman–Crippen LogP) is 4.67. The predicted molar refractivity (Wildman–Crippen MR) is 141 cm³/mol. The molecule has 0 bridgehead atoms. The summed E-state index contributed by atoms with van der Waals surface area (Å²) in [6.45, 7) is 5.61. The maximum absolute atomic E-state index is 6.11. The van der Waals surface area contributed by atoms with Gasteiger partial charge >= 0.3 is 0 Å². The summed E-state index contributed by atoms with van der Waals surface area (Å²) in [6.07, 6.45) is 6.59. The molecule has 2 fully saturated rings. The number of nitrogens with one attached hydrogen (secondary N) is 1. The smallest absolute Gasteiger partial charge is 0.232 e. The minimum atomic E-state index is 0. The van der Waals surface area contributed by atoms with Crippen LogP contribution in [0.15, 0.2) is 54.7 Å². The highest BCUT2D eigenvalue weighted by Gasteiger charge is 2.17. The van der Waals surface area contributed by atoms with Crippen molar-refractivity contribution >= 4 is 18.1 Å². The lowest BCUT2D eigenvalue weighted by molar-refractivity contribution is 0.208. The average molecular weight is 480 g/mol. The van der Waals surface area contributed by atoms with Crippen LogP contribution in [0, 0.1) is 5.92 Å². The largest absolute Gasteiger partial charge is 0.476 e. The normalized spacial score (nSPS) is 16.3. The first-order valence-electron chi connectivity index (χ1n) is 12.2. The summed E-state index contributed by atoms with van der Waals surface area (Å²) in [4.78, 5) is 12.2. The molecule has 180 valence electrons. The molecule has 6 nitrogen and oxygen atoms in total. The number of anilines is 1. The van der Waals surface area contributed by atoms with Gasteiger partial charge in [-0.05, 0) is 62.4 Å². The lowest BCUT2D eigenvalue weighted by Crippen LogP contribution is -2.30. The molecule has 2 saturated heterocycles. The zero-order valence-electron chi connectivity index (χ0n) is 19.6. The standard InChI is InChI=1S/C27H33N5O.ClH/c28-17-20-3-5-22(6-4-20)26-27(23-7-9-24(10-8-23)32-15-1-2-16-32)31-25(18-30-26)33-19-21-11-13-29-14-12-21;/h3-10,18,21,29H,1-2,11-17,19,28H2;1H. The van der Waals surface area contributed by atoms with Gasteiger partial charge in [-0.1, -0.05) is 36.4 Å². The Hall–Kier alpha value is -2.67. The topological polar surface area (TPSA) is 76.3 Å². The molecule has 3 aromatic rings. The molecule has 3 heterocycles. The molecule has 7 heteroatoms. The number of nitrogens with two attached hydrogens (primary N) is 1. The van der Waals surface area contributed by atoms with Crippen LogP contribution in [-0.2, 0) is 6.54 Å². The summed E-state index contributed by atoms with van der Waals surface area (Å²) in [6, 6.07) is 17.0. The molecular formula is C27H34ClN5O. The van der Waals surface area contributed by atoms with Crippen LogP contribution in [-0.4, -0.2) is 42.8 Å². The van der Waals surface area contributed by atoms with Crippen molar-refractivity contribution in [1.82, 2.24) is 15.3 Å². The molecule has 34 heavy (non-hydrogen) atoms. The number of aromatic nitrogens is 2. The summed E-state index contributed by atoms with van der Waals surface area (Å²) in [5, 5.41) is 3.41. The fourth-order valence-corrected chi connectivity index (χ4v) is 4.71. The van der Waals surface area contributed by atoms with E-state index in [-0.39, 0.29) is 12.4 Å². The van der Waals surface area contributed by atoms with Crippen molar-refractivity contribution in [1.29, 1.82) is 0 Å². The van der Waals surface area contributed by atoms with E-state index in [1.807, 2.05) is 0 Å². The molecular weight excluding hydrogens is 446 g/mol. The fraction of sp³-hybridized carbons (Fsp3) is 0.407. The van der Waals surface area contributed by atoms with E-state index in [0.29, 0.717) is 24.9 Å². The van der Waals surface area contributed by atoms with Crippen LogP contribution in [0.4, 0.5) is 5.69 Å². The third-order valence-corrected chi connectivity index (χ3v) is 6.75. The van der Waals surface area contributed by atoms with E-state index in [4.69, 9.17) is 20.4 Å². The summed E-state index contributed by atoms with van der Waals surface area (Å²) in [5.74, 6) is 1.16. The van der Waals surface area contributed by atoms with E-state index in [0.717, 1.165) is 67.1 Å². The average Bonchev–Trinajstić information content (AvgIpc) is 3.43. The second-order valence-electron chi connectivity index (χ2n) is 9.05. The Kier molecular flexibility index (Phi) is 8.38. The summed E-state index contributed by atoms with van der Waals surface area (Å²) in [7, 11) is 0. The maximum atomic E-state index is 6.11. The number of piperidine rings is 1. The number of nitrogens with zero attached hydrogens (tertiary/aromatic N) is 3. The van der Waals surface area contributed by atoms with E-state index in [2.05, 4.69) is 58.7 Å². The van der Waals surface area contributed by atoms with Crippen molar-refractivity contribution in [2.24, 2.45) is 11.7 Å². The van der Waals surface area contributed by atoms with Crippen molar-refractivity contribution in [2.45, 2.75) is 32.2 Å². The van der Waals surface area contributed by atoms with Gasteiger partial charge < -0.3 is 20.7 Å². The first-order valence-corrected chi connectivity index (χ1v) is 12.2. The maximum Gasteiger partial charge on any atom is 0.232 e. The van der Waals surface area contributed by atoms with Gasteiger partial charge in [-0.15, -0.1) is 12.4 Å². The summed E-state index contributed by atoms with van der Waals surface area (Å²) in [5.41, 5.74) is 12.0. The van der Waals surface area contributed by atoms with Crippen molar-refractivity contribution < 1.29 is 4.74 Å². The van der Waals surface area contributed by atoms with Crippen LogP contribution in [0.2, 0.25) is 0 Å². The highest BCUT2D eigenvalue weighted by Crippen LogP contribution is 2.32. The molecule has 5 rings (SSSR count). The molecule has 0 saturated carbocycles. The Morgan fingerprint density at radius 1 is 0.912 bits per heavy atom. The van der Waals surface area contributed by atoms with E-state index in [9.17, 15) is 0 Å². The van der Waals surface area contributed by atoms with E-state index in [1.54, 1.807) is 6.20 Å². The Bertz CT molecular complexity index is 1050. The monoisotopic (exact) mass is 479 g/mol. The van der Waals surface area contributed by atoms with Crippen LogP contribution in [0.1, 0.15) is 31.2 Å². The number of halogens is 1. The van der Waals surface area contributed by atoms with Gasteiger partial charge in [0.15, 0.2) is 0 Å². The first-order chi connectivity index (χ1) is 16.3. The molecule has 2 aromatic carbocycles. The molecule has 0 amide bonds. The molecule has 0 aliphatic carbocycles. The molecule has 1 aromatic heterocycles. The SMILES string of the molecule is Cl.NCc1ccc(-c2ncc(OCC3CCNCC3)nc2-c2ccc(N3CCCC3)cc2)cc1. The first kappa shape index (κ1) is 24.5. The third kappa shape index (κ3) is 5.69. The van der Waals surface area contributed by atoms with Gasteiger partial charge in [-0.25, -0.2) is 9.97 Å². The Balaban J connectivity index is 0.00000274. The zero-order valence-corrected chi connectivity index (χ0v) is 20.4. The Labute approximate surface area is 208 Å². The number of hydrogen-bond acceptors (Lipinski definition) is 6. The van der Waals surface area contributed by atoms with E-state index in [1.165, 1.54) is 18.5 Å². The Morgan fingerprint density at radius 3 is 2.24 bits per heavy atom. The second-order valence-corrected chi connectivity index (χ2v) is 9.05. The minimum absolute atomic E-state index is 0. The van der Waals surface area contributed by atoms with Gasteiger partial charge in [0, 0.05) is 36.4 Å². The molecule has 0 spiro atoms. The van der Waals surface area contributed by atoms with Crippen LogP contribution in [0.3, 0.4) is 0 Å². The van der Waals surface area contributed by atoms with Gasteiger partial charge in [-0.3, -0.25) is 0 Å². The molecule has 0 radical (unpaired) electrons. The number of benzene rings is 2. The quantitative estimate of drug-likeness (QED) is 0.513. The fourth-order valence-electron chi connectivity index (χ4n) is 4.71. The number of ether oxygens (including phenoxy) is 1. The van der Waals surface area contributed by atoms with Crippen LogP contribution in [0.25, 0.3) is 22.5 Å². The van der Waals surface area contributed by atoms with Gasteiger partial charge in [0.2, 0.25) is 5.88 Å². The van der Waals surface area contributed by atoms with Crippen molar-refractivity contribution in [3.8, 4) is 28.4 Å². The highest BCUT2D eigenvalue weighted by atomic mass is 35.5. The molecule has 0 unspecified atom stereocenters. The van der Waals surface area contributed by atoms with Crippen LogP contribution < -0.4 is 20.7 Å². The summed E-state index contributed by atoms with van der Waals surface area (Å²) >= 11 is 0. The lowest BCUT2D eigenvalue weighted by Gasteiger charge is -2.22. The van der Waals surface area contributed by atoms with Crippen LogP contribution >= 0.6 is 12.4 Å². The molecule has 2 aliphatic rings. The molecule has 3 N–H and O–H groups in total. The zero-order chi connectivity index (χ0) is 22.5. The number of hydrogen-bond donors (Lipinski definition) is 2. The van der Waals surface area contributed by atoms with Crippen molar-refractivity contribution in [3.63, 3.8) is 0 Å². The van der Waals surface area contributed by atoms with Gasteiger partial charge in [-0.2, -0.15) is 0 Å². The van der Waals surface area contributed by atoms with Gasteiger partial charge in [0.25, 0.3) is 0 Å². The highest BCUT2D eigenvalue weighted by molar-refractivity contribution is 5.85.